The molecule has 0 amide bonds. The molecule has 0 bridgehead atoms. The van der Waals surface area contributed by atoms with Crippen molar-refractivity contribution in [2.45, 2.75) is 43.9 Å². The maximum atomic E-state index is 6.14. The van der Waals surface area contributed by atoms with Gasteiger partial charge in [0.05, 0.1) is 19.8 Å². The van der Waals surface area contributed by atoms with Gasteiger partial charge in [-0.3, -0.25) is 4.99 Å². The monoisotopic (exact) mass is 549 g/mol. The normalized spacial score (nSPS) is 21.4. The number of methoxy groups -OCH3 is 1. The van der Waals surface area contributed by atoms with Gasteiger partial charge in [0.2, 0.25) is 0 Å². The van der Waals surface area contributed by atoms with E-state index >= 15 is 0 Å². The van der Waals surface area contributed by atoms with Crippen LogP contribution in [-0.2, 0) is 14.9 Å². The SMILES string of the molecule is CN=C(NCC1(c2ccc(Cl)cc2)CCCCC1)N1CCC(COCCOC)C1.I. The van der Waals surface area contributed by atoms with E-state index in [1.165, 1.54) is 37.7 Å². The molecule has 1 aliphatic heterocycles. The molecule has 1 aromatic rings. The Hall–Kier alpha value is -0.570. The van der Waals surface area contributed by atoms with Crippen LogP contribution in [-0.4, -0.2) is 64.5 Å². The Morgan fingerprint density at radius 1 is 1.20 bits per heavy atom. The third-order valence-corrected chi connectivity index (χ3v) is 6.69. The first-order chi connectivity index (χ1) is 14.2. The molecule has 1 aromatic carbocycles. The fraction of sp³-hybridized carbons (Fsp3) is 0.696. The number of guanidine groups is 1. The number of rotatable bonds is 8. The second-order valence-corrected chi connectivity index (χ2v) is 8.85. The lowest BCUT2D eigenvalue weighted by Gasteiger charge is -2.39. The zero-order valence-corrected chi connectivity index (χ0v) is 21.5. The molecule has 0 radical (unpaired) electrons. The molecule has 1 atom stereocenters. The highest BCUT2D eigenvalue weighted by atomic mass is 127. The Balaban J connectivity index is 0.00000320. The van der Waals surface area contributed by atoms with Gasteiger partial charge < -0.3 is 19.7 Å². The lowest BCUT2D eigenvalue weighted by atomic mass is 9.69. The molecule has 0 spiro atoms. The third kappa shape index (κ3) is 6.97. The van der Waals surface area contributed by atoms with Crippen LogP contribution in [0.3, 0.4) is 0 Å². The summed E-state index contributed by atoms with van der Waals surface area (Å²) in [5.41, 5.74) is 1.57. The molecule has 1 unspecified atom stereocenters. The van der Waals surface area contributed by atoms with Gasteiger partial charge in [-0.25, -0.2) is 0 Å². The smallest absolute Gasteiger partial charge is 0.193 e. The number of hydrogen-bond donors (Lipinski definition) is 1. The molecule has 7 heteroatoms. The molecule has 0 aromatic heterocycles. The van der Waals surface area contributed by atoms with Gasteiger partial charge in [0.1, 0.15) is 0 Å². The van der Waals surface area contributed by atoms with Crippen LogP contribution in [0.4, 0.5) is 0 Å². The molecule has 1 heterocycles. The maximum absolute atomic E-state index is 6.14. The average Bonchev–Trinajstić information content (AvgIpc) is 3.21. The van der Waals surface area contributed by atoms with Crippen molar-refractivity contribution in [3.8, 4) is 0 Å². The summed E-state index contributed by atoms with van der Waals surface area (Å²) in [4.78, 5) is 6.96. The van der Waals surface area contributed by atoms with Gasteiger partial charge in [-0.15, -0.1) is 24.0 Å². The molecule has 1 saturated heterocycles. The highest BCUT2D eigenvalue weighted by Gasteiger charge is 2.35. The molecule has 5 nitrogen and oxygen atoms in total. The molecule has 1 aliphatic carbocycles. The molecule has 1 saturated carbocycles. The van der Waals surface area contributed by atoms with Crippen LogP contribution in [0, 0.1) is 5.92 Å². The molecule has 170 valence electrons. The maximum Gasteiger partial charge on any atom is 0.193 e. The lowest BCUT2D eigenvalue weighted by Crippen LogP contribution is -2.47. The van der Waals surface area contributed by atoms with Crippen molar-refractivity contribution >= 4 is 41.5 Å². The van der Waals surface area contributed by atoms with E-state index in [0.717, 1.165) is 43.6 Å². The largest absolute Gasteiger partial charge is 0.382 e. The summed E-state index contributed by atoms with van der Waals surface area (Å²) < 4.78 is 10.8. The van der Waals surface area contributed by atoms with Crippen molar-refractivity contribution in [1.82, 2.24) is 10.2 Å². The first kappa shape index (κ1) is 25.7. The van der Waals surface area contributed by atoms with Gasteiger partial charge in [-0.05, 0) is 37.0 Å². The number of ether oxygens (including phenoxy) is 2. The zero-order chi connectivity index (χ0) is 20.5. The summed E-state index contributed by atoms with van der Waals surface area (Å²) in [5.74, 6) is 1.58. The summed E-state index contributed by atoms with van der Waals surface area (Å²) in [6.07, 6.45) is 7.49. The van der Waals surface area contributed by atoms with Gasteiger partial charge in [-0.1, -0.05) is 43.0 Å². The first-order valence-corrected chi connectivity index (χ1v) is 11.3. The van der Waals surface area contributed by atoms with E-state index in [1.807, 2.05) is 19.2 Å². The highest BCUT2D eigenvalue weighted by Crippen LogP contribution is 2.39. The second-order valence-electron chi connectivity index (χ2n) is 8.42. The van der Waals surface area contributed by atoms with E-state index < -0.39 is 0 Å². The van der Waals surface area contributed by atoms with Gasteiger partial charge in [0, 0.05) is 50.1 Å². The van der Waals surface area contributed by atoms with Gasteiger partial charge in [0.25, 0.3) is 0 Å². The summed E-state index contributed by atoms with van der Waals surface area (Å²) in [5, 5.41) is 4.52. The first-order valence-electron chi connectivity index (χ1n) is 11.0. The number of halogens is 2. The van der Waals surface area contributed by atoms with E-state index in [2.05, 4.69) is 27.3 Å². The number of nitrogens with zero attached hydrogens (tertiary/aromatic N) is 2. The van der Waals surface area contributed by atoms with Crippen LogP contribution in [0.15, 0.2) is 29.3 Å². The van der Waals surface area contributed by atoms with Gasteiger partial charge in [0.15, 0.2) is 5.96 Å². The highest BCUT2D eigenvalue weighted by molar-refractivity contribution is 14.0. The van der Waals surface area contributed by atoms with E-state index in [1.54, 1.807) is 7.11 Å². The Morgan fingerprint density at radius 3 is 2.60 bits per heavy atom. The Labute approximate surface area is 204 Å². The summed E-state index contributed by atoms with van der Waals surface area (Å²) in [6.45, 7) is 5.08. The minimum atomic E-state index is 0. The quantitative estimate of drug-likeness (QED) is 0.221. The Morgan fingerprint density at radius 2 is 1.93 bits per heavy atom. The van der Waals surface area contributed by atoms with Gasteiger partial charge >= 0.3 is 0 Å². The fourth-order valence-electron chi connectivity index (χ4n) is 4.73. The van der Waals surface area contributed by atoms with E-state index in [9.17, 15) is 0 Å². The van der Waals surface area contributed by atoms with E-state index in [-0.39, 0.29) is 29.4 Å². The predicted octanol–water partition coefficient (Wildman–Crippen LogP) is 4.72. The van der Waals surface area contributed by atoms with Crippen molar-refractivity contribution < 1.29 is 9.47 Å². The van der Waals surface area contributed by atoms with Gasteiger partial charge in [-0.2, -0.15) is 0 Å². The van der Waals surface area contributed by atoms with Crippen LogP contribution < -0.4 is 5.32 Å². The minimum absolute atomic E-state index is 0. The predicted molar refractivity (Wildman–Crippen MR) is 135 cm³/mol. The summed E-state index contributed by atoms with van der Waals surface area (Å²) in [7, 11) is 3.60. The number of hydrogen-bond acceptors (Lipinski definition) is 3. The third-order valence-electron chi connectivity index (χ3n) is 6.43. The van der Waals surface area contributed by atoms with Crippen molar-refractivity contribution in [2.24, 2.45) is 10.9 Å². The summed E-state index contributed by atoms with van der Waals surface area (Å²) in [6, 6.07) is 8.47. The van der Waals surface area contributed by atoms with Crippen LogP contribution in [0.2, 0.25) is 5.02 Å². The lowest BCUT2D eigenvalue weighted by molar-refractivity contribution is 0.0536. The summed E-state index contributed by atoms with van der Waals surface area (Å²) >= 11 is 6.14. The van der Waals surface area contributed by atoms with Crippen molar-refractivity contribution in [2.75, 3.05) is 53.6 Å². The molecule has 2 aliphatic rings. The average molecular weight is 550 g/mol. The number of likely N-dealkylation sites (tertiary alicyclic amines) is 1. The number of nitrogens with one attached hydrogen (secondary N) is 1. The van der Waals surface area contributed by atoms with E-state index in [4.69, 9.17) is 21.1 Å². The topological polar surface area (TPSA) is 46.1 Å². The van der Waals surface area contributed by atoms with Crippen LogP contribution in [0.1, 0.15) is 44.1 Å². The van der Waals surface area contributed by atoms with E-state index in [0.29, 0.717) is 19.1 Å². The molecule has 30 heavy (non-hydrogen) atoms. The molecule has 2 fully saturated rings. The fourth-order valence-corrected chi connectivity index (χ4v) is 4.86. The second kappa shape index (κ2) is 13.1. The van der Waals surface area contributed by atoms with Crippen molar-refractivity contribution in [1.29, 1.82) is 0 Å². The zero-order valence-electron chi connectivity index (χ0n) is 18.4. The van der Waals surface area contributed by atoms with Crippen LogP contribution in [0.25, 0.3) is 0 Å². The minimum Gasteiger partial charge on any atom is -0.382 e. The van der Waals surface area contributed by atoms with Crippen LogP contribution >= 0.6 is 35.6 Å². The number of benzene rings is 1. The Bertz CT molecular complexity index is 650. The van der Waals surface area contributed by atoms with Crippen LogP contribution in [0.5, 0.6) is 0 Å². The van der Waals surface area contributed by atoms with Crippen molar-refractivity contribution in [3.05, 3.63) is 34.9 Å². The molecule has 1 N–H and O–H groups in total. The van der Waals surface area contributed by atoms with Crippen molar-refractivity contribution in [3.63, 3.8) is 0 Å². The molecular weight excluding hydrogens is 513 g/mol. The standard InChI is InChI=1S/C23H36ClN3O2.HI/c1-25-22(27-13-10-19(16-27)17-29-15-14-28-2)26-18-23(11-4-3-5-12-23)20-6-8-21(24)9-7-20;/h6-9,19H,3-5,10-18H2,1-2H3,(H,25,26);1H. The Kier molecular flexibility index (Phi) is 11.2. The number of aliphatic imine (C=N–C) groups is 1. The molecule has 3 rings (SSSR count). The molecular formula is C23H37ClIN3O2.